The van der Waals surface area contributed by atoms with E-state index in [-0.39, 0.29) is 22.5 Å². The van der Waals surface area contributed by atoms with E-state index in [0.29, 0.717) is 11.1 Å². The van der Waals surface area contributed by atoms with Crippen molar-refractivity contribution in [3.05, 3.63) is 110 Å². The number of carbonyl (C=O) groups is 2. The Labute approximate surface area is 200 Å². The summed E-state index contributed by atoms with van der Waals surface area (Å²) in [5.41, 5.74) is -1.97. The van der Waals surface area contributed by atoms with Gasteiger partial charge < -0.3 is 5.11 Å². The van der Waals surface area contributed by atoms with Gasteiger partial charge in [-0.3, -0.25) is 24.6 Å². The molecule has 1 heterocycles. The van der Waals surface area contributed by atoms with E-state index in [1.807, 2.05) is 0 Å². The van der Waals surface area contributed by atoms with Gasteiger partial charge in [-0.05, 0) is 48.0 Å². The molecular weight excluding hydrogens is 489 g/mol. The van der Waals surface area contributed by atoms with Crippen molar-refractivity contribution in [1.82, 2.24) is 0 Å². The van der Waals surface area contributed by atoms with Crippen LogP contribution in [0.4, 0.5) is 24.5 Å². The zero-order chi connectivity index (χ0) is 25.5. The van der Waals surface area contributed by atoms with E-state index in [0.717, 1.165) is 23.1 Å². The fourth-order valence-electron chi connectivity index (χ4n) is 3.82. The Morgan fingerprint density at radius 3 is 2.29 bits per heavy atom. The van der Waals surface area contributed by atoms with Crippen molar-refractivity contribution in [2.24, 2.45) is 0 Å². The molecule has 35 heavy (non-hydrogen) atoms. The first kappa shape index (κ1) is 24.0. The topological polar surface area (TPSA) is 101 Å². The Morgan fingerprint density at radius 1 is 1.00 bits per heavy atom. The summed E-state index contributed by atoms with van der Waals surface area (Å²) in [6, 6.07) is 12.9. The number of rotatable bonds is 4. The van der Waals surface area contributed by atoms with E-state index >= 15 is 0 Å². The first-order valence-corrected chi connectivity index (χ1v) is 10.4. The Morgan fingerprint density at radius 2 is 1.66 bits per heavy atom. The predicted octanol–water partition coefficient (Wildman–Crippen LogP) is 5.89. The number of nitro groups is 1. The standard InChI is InChI=1S/C24H14ClF3N2O5/c25-16-9-7-13(8-10-16)21(31)19-20(14-3-1-6-18(11-14)30(34)35)29(23(33)22(19)32)17-5-2-4-15(12-17)24(26,27)28/h1-12,20,31H/t20-/m0/s1. The summed E-state index contributed by atoms with van der Waals surface area (Å²) in [5.74, 6) is -2.96. The molecule has 1 saturated heterocycles. The maximum absolute atomic E-state index is 13.3. The molecule has 0 bridgehead atoms. The lowest BCUT2D eigenvalue weighted by Crippen LogP contribution is -2.29. The van der Waals surface area contributed by atoms with Gasteiger partial charge in [-0.25, -0.2) is 0 Å². The smallest absolute Gasteiger partial charge is 0.416 e. The number of Topliss-reactive ketones (excluding diaryl/α,β-unsaturated/α-hetero) is 1. The molecule has 0 spiro atoms. The molecule has 178 valence electrons. The number of amides is 1. The SMILES string of the molecule is O=C1C(=O)N(c2cccc(C(F)(F)F)c2)[C@@H](c2cccc([N+](=O)[O-])c2)C1=C(O)c1ccc(Cl)cc1. The predicted molar refractivity (Wildman–Crippen MR) is 121 cm³/mol. The summed E-state index contributed by atoms with van der Waals surface area (Å²) in [7, 11) is 0. The Kier molecular flexibility index (Phi) is 6.08. The van der Waals surface area contributed by atoms with Gasteiger partial charge in [-0.15, -0.1) is 0 Å². The van der Waals surface area contributed by atoms with Gasteiger partial charge in [0.05, 0.1) is 22.1 Å². The lowest BCUT2D eigenvalue weighted by Gasteiger charge is -2.26. The quantitative estimate of drug-likeness (QED) is 0.157. The molecule has 7 nitrogen and oxygen atoms in total. The second-order valence-corrected chi connectivity index (χ2v) is 8.01. The highest BCUT2D eigenvalue weighted by atomic mass is 35.5. The summed E-state index contributed by atoms with van der Waals surface area (Å²) in [6.07, 6.45) is -4.73. The summed E-state index contributed by atoms with van der Waals surface area (Å²) in [6.45, 7) is 0. The van der Waals surface area contributed by atoms with E-state index < -0.39 is 45.7 Å². The number of hydrogen-bond donors (Lipinski definition) is 1. The normalized spacial score (nSPS) is 17.6. The van der Waals surface area contributed by atoms with E-state index in [2.05, 4.69) is 0 Å². The number of anilines is 1. The van der Waals surface area contributed by atoms with Crippen LogP contribution < -0.4 is 4.90 Å². The number of aliphatic hydroxyl groups excluding tert-OH is 1. The highest BCUT2D eigenvalue weighted by Gasteiger charge is 2.47. The number of ketones is 1. The third kappa shape index (κ3) is 4.47. The minimum atomic E-state index is -4.73. The number of nitro benzene ring substituents is 1. The van der Waals surface area contributed by atoms with E-state index in [1.54, 1.807) is 0 Å². The van der Waals surface area contributed by atoms with E-state index in [1.165, 1.54) is 48.5 Å². The zero-order valence-corrected chi connectivity index (χ0v) is 18.2. The Bertz CT molecular complexity index is 1390. The van der Waals surface area contributed by atoms with Crippen LogP contribution in [-0.2, 0) is 15.8 Å². The van der Waals surface area contributed by atoms with Gasteiger partial charge >= 0.3 is 6.18 Å². The Balaban J connectivity index is 1.97. The van der Waals surface area contributed by atoms with E-state index in [9.17, 15) is 38.0 Å². The molecule has 1 N–H and O–H groups in total. The molecule has 0 radical (unpaired) electrons. The monoisotopic (exact) mass is 502 g/mol. The lowest BCUT2D eigenvalue weighted by atomic mass is 9.94. The van der Waals surface area contributed by atoms with Gasteiger partial charge in [-0.1, -0.05) is 29.8 Å². The number of benzene rings is 3. The molecule has 1 amide bonds. The van der Waals surface area contributed by atoms with E-state index in [4.69, 9.17) is 11.6 Å². The highest BCUT2D eigenvalue weighted by Crippen LogP contribution is 2.44. The van der Waals surface area contributed by atoms with Crippen LogP contribution >= 0.6 is 11.6 Å². The minimum absolute atomic E-state index is 0.0475. The molecule has 1 aliphatic rings. The molecular formula is C24H14ClF3N2O5. The summed E-state index contributed by atoms with van der Waals surface area (Å²) in [5, 5.41) is 22.6. The fraction of sp³-hybridized carbons (Fsp3) is 0.0833. The van der Waals surface area contributed by atoms with Gasteiger partial charge in [0.1, 0.15) is 5.76 Å². The van der Waals surface area contributed by atoms with Crippen LogP contribution in [0.2, 0.25) is 5.02 Å². The first-order valence-electron chi connectivity index (χ1n) is 9.97. The average Bonchev–Trinajstić information content (AvgIpc) is 3.09. The van der Waals surface area contributed by atoms with Crippen molar-refractivity contribution >= 4 is 40.4 Å². The number of halogens is 4. The second-order valence-electron chi connectivity index (χ2n) is 7.58. The van der Waals surface area contributed by atoms with Gasteiger partial charge in [0.2, 0.25) is 0 Å². The number of hydrogen-bond acceptors (Lipinski definition) is 5. The lowest BCUT2D eigenvalue weighted by molar-refractivity contribution is -0.384. The fourth-order valence-corrected chi connectivity index (χ4v) is 3.94. The van der Waals surface area contributed by atoms with Gasteiger partial charge in [-0.2, -0.15) is 13.2 Å². The molecule has 3 aromatic rings. The van der Waals surface area contributed by atoms with Gasteiger partial charge in [0.15, 0.2) is 0 Å². The summed E-state index contributed by atoms with van der Waals surface area (Å²) in [4.78, 5) is 37.6. The molecule has 1 aliphatic heterocycles. The maximum Gasteiger partial charge on any atom is 0.416 e. The number of nitrogens with zero attached hydrogens (tertiary/aromatic N) is 2. The average molecular weight is 503 g/mol. The molecule has 0 unspecified atom stereocenters. The van der Waals surface area contributed by atoms with Crippen molar-refractivity contribution in [2.75, 3.05) is 4.90 Å². The van der Waals surface area contributed by atoms with Crippen LogP contribution in [0, 0.1) is 10.1 Å². The summed E-state index contributed by atoms with van der Waals surface area (Å²) >= 11 is 5.87. The van der Waals surface area contributed by atoms with Crippen molar-refractivity contribution < 1.29 is 32.8 Å². The second kappa shape index (κ2) is 8.88. The van der Waals surface area contributed by atoms with Gasteiger partial charge in [0, 0.05) is 28.4 Å². The molecule has 1 atom stereocenters. The number of aliphatic hydroxyl groups is 1. The van der Waals surface area contributed by atoms with Crippen LogP contribution in [-0.4, -0.2) is 21.7 Å². The van der Waals surface area contributed by atoms with Crippen LogP contribution in [0.15, 0.2) is 78.4 Å². The van der Waals surface area contributed by atoms with Gasteiger partial charge in [0.25, 0.3) is 17.4 Å². The van der Waals surface area contributed by atoms with Crippen LogP contribution in [0.25, 0.3) is 5.76 Å². The molecule has 0 aromatic heterocycles. The third-order valence-electron chi connectivity index (χ3n) is 5.41. The van der Waals surface area contributed by atoms with Crippen molar-refractivity contribution in [1.29, 1.82) is 0 Å². The molecule has 0 saturated carbocycles. The highest BCUT2D eigenvalue weighted by molar-refractivity contribution is 6.51. The molecule has 11 heteroatoms. The van der Waals surface area contributed by atoms with Crippen LogP contribution in [0.1, 0.15) is 22.7 Å². The summed E-state index contributed by atoms with van der Waals surface area (Å²) < 4.78 is 40.0. The number of alkyl halides is 3. The van der Waals surface area contributed by atoms with Crippen molar-refractivity contribution in [2.45, 2.75) is 12.2 Å². The minimum Gasteiger partial charge on any atom is -0.507 e. The molecule has 1 fully saturated rings. The number of non-ortho nitro benzene ring substituents is 1. The largest absolute Gasteiger partial charge is 0.507 e. The molecule has 4 rings (SSSR count). The molecule has 0 aliphatic carbocycles. The Hall–Kier alpha value is -4.18. The van der Waals surface area contributed by atoms with Crippen LogP contribution in [0.3, 0.4) is 0 Å². The van der Waals surface area contributed by atoms with Crippen LogP contribution in [0.5, 0.6) is 0 Å². The van der Waals surface area contributed by atoms with Crippen molar-refractivity contribution in [3.63, 3.8) is 0 Å². The third-order valence-corrected chi connectivity index (χ3v) is 5.66. The van der Waals surface area contributed by atoms with Crippen molar-refractivity contribution in [3.8, 4) is 0 Å². The zero-order valence-electron chi connectivity index (χ0n) is 17.5. The molecule has 3 aromatic carbocycles. The first-order chi connectivity index (χ1) is 16.5. The maximum atomic E-state index is 13.3. The number of carbonyl (C=O) groups excluding carboxylic acids is 2.